The number of anilines is 1. The highest BCUT2D eigenvalue weighted by Crippen LogP contribution is 2.27. The molecule has 0 aliphatic heterocycles. The normalized spacial score (nSPS) is 11.2. The van der Waals surface area contributed by atoms with E-state index < -0.39 is 0 Å². The number of tetrazole rings is 1. The molecule has 2 N–H and O–H groups in total. The molecule has 0 spiro atoms. The summed E-state index contributed by atoms with van der Waals surface area (Å²) in [5.41, 5.74) is 1.58. The number of aromatic amines is 1. The van der Waals surface area contributed by atoms with Gasteiger partial charge in [0.2, 0.25) is 5.82 Å². The van der Waals surface area contributed by atoms with Gasteiger partial charge in [0.1, 0.15) is 17.5 Å². The Labute approximate surface area is 116 Å². The van der Waals surface area contributed by atoms with Crippen LogP contribution < -0.4 is 5.32 Å². The van der Waals surface area contributed by atoms with Crippen LogP contribution in [0.1, 0.15) is 11.4 Å². The molecule has 0 saturated heterocycles. The molecular formula is C11H8BrFN6. The molecule has 0 fully saturated rings. The summed E-state index contributed by atoms with van der Waals surface area (Å²) in [6.07, 6.45) is 1.44. The third kappa shape index (κ3) is 2.95. The Morgan fingerprint density at radius 3 is 2.95 bits per heavy atom. The average molecular weight is 323 g/mol. The van der Waals surface area contributed by atoms with Crippen molar-refractivity contribution in [2.75, 3.05) is 5.32 Å². The molecule has 0 atom stereocenters. The van der Waals surface area contributed by atoms with Crippen LogP contribution in [-0.4, -0.2) is 20.6 Å². The lowest BCUT2D eigenvalue weighted by molar-refractivity contribution is 0.626. The van der Waals surface area contributed by atoms with Crippen LogP contribution in [0, 0.1) is 24.1 Å². The monoisotopic (exact) mass is 322 g/mol. The molecule has 1 aromatic heterocycles. The molecule has 2 aromatic rings. The second-order valence-electron chi connectivity index (χ2n) is 3.63. The number of aryl methyl sites for hydroxylation is 1. The number of H-pyrrole nitrogens is 1. The number of hydrogen-bond acceptors (Lipinski definition) is 5. The lowest BCUT2D eigenvalue weighted by Crippen LogP contribution is -1.96. The molecule has 0 radical (unpaired) electrons. The number of aromatic nitrogens is 4. The van der Waals surface area contributed by atoms with Crippen LogP contribution in [0.3, 0.4) is 0 Å². The van der Waals surface area contributed by atoms with Gasteiger partial charge in [0.25, 0.3) is 0 Å². The topological polar surface area (TPSA) is 90.3 Å². The van der Waals surface area contributed by atoms with Crippen LogP contribution in [0.15, 0.2) is 22.8 Å². The molecule has 1 aromatic carbocycles. The van der Waals surface area contributed by atoms with Crippen molar-refractivity contribution in [2.45, 2.75) is 6.92 Å². The van der Waals surface area contributed by atoms with Crippen LogP contribution in [0.4, 0.5) is 10.1 Å². The number of nitriles is 1. The summed E-state index contributed by atoms with van der Waals surface area (Å²) >= 11 is 3.25. The summed E-state index contributed by atoms with van der Waals surface area (Å²) in [6.45, 7) is 1.75. The summed E-state index contributed by atoms with van der Waals surface area (Å²) in [7, 11) is 0. The number of halogens is 2. The highest BCUT2D eigenvalue weighted by molar-refractivity contribution is 9.10. The predicted octanol–water partition coefficient (Wildman–Crippen LogP) is 2.39. The number of nitrogens with zero attached hydrogens (tertiary/aromatic N) is 4. The molecule has 19 heavy (non-hydrogen) atoms. The maximum absolute atomic E-state index is 13.1. The van der Waals surface area contributed by atoms with Gasteiger partial charge in [-0.2, -0.15) is 10.5 Å². The molecular weight excluding hydrogens is 315 g/mol. The van der Waals surface area contributed by atoms with Crippen molar-refractivity contribution < 1.29 is 4.39 Å². The fourth-order valence-corrected chi connectivity index (χ4v) is 2.10. The van der Waals surface area contributed by atoms with E-state index in [1.807, 2.05) is 6.07 Å². The van der Waals surface area contributed by atoms with Crippen LogP contribution >= 0.6 is 15.9 Å². The average Bonchev–Trinajstić information content (AvgIpc) is 2.86. The third-order valence-corrected chi connectivity index (χ3v) is 2.95. The zero-order valence-electron chi connectivity index (χ0n) is 9.78. The van der Waals surface area contributed by atoms with Gasteiger partial charge in [0.15, 0.2) is 0 Å². The summed E-state index contributed by atoms with van der Waals surface area (Å²) in [6, 6.07) is 4.68. The Hall–Kier alpha value is -2.27. The molecule has 8 heteroatoms. The second-order valence-corrected chi connectivity index (χ2v) is 4.48. The van der Waals surface area contributed by atoms with E-state index in [-0.39, 0.29) is 17.2 Å². The Balaban J connectivity index is 2.30. The van der Waals surface area contributed by atoms with Gasteiger partial charge in [-0.15, -0.1) is 10.2 Å². The van der Waals surface area contributed by atoms with Gasteiger partial charge in [-0.3, -0.25) is 0 Å². The smallest absolute Gasteiger partial charge is 0.216 e. The van der Waals surface area contributed by atoms with E-state index in [2.05, 4.69) is 41.9 Å². The zero-order chi connectivity index (χ0) is 13.8. The van der Waals surface area contributed by atoms with E-state index in [1.54, 1.807) is 6.92 Å². The highest BCUT2D eigenvalue weighted by atomic mass is 79.9. The van der Waals surface area contributed by atoms with E-state index >= 15 is 0 Å². The van der Waals surface area contributed by atoms with E-state index in [0.717, 1.165) is 0 Å². The van der Waals surface area contributed by atoms with Crippen molar-refractivity contribution in [2.24, 2.45) is 0 Å². The predicted molar refractivity (Wildman–Crippen MR) is 70.2 cm³/mol. The lowest BCUT2D eigenvalue weighted by Gasteiger charge is -2.08. The summed E-state index contributed by atoms with van der Waals surface area (Å²) in [5, 5.41) is 25.0. The molecule has 0 aliphatic rings. The standard InChI is InChI=1S/C11H8BrFN6/c1-6-2-8(13)3-9(12)10(6)15-5-7(4-14)11-16-18-19-17-11/h2-3,5,15H,1H3,(H,16,17,18,19). The molecule has 0 saturated carbocycles. The van der Waals surface area contributed by atoms with Crippen molar-refractivity contribution in [1.82, 2.24) is 20.6 Å². The Morgan fingerprint density at radius 2 is 2.37 bits per heavy atom. The van der Waals surface area contributed by atoms with Gasteiger partial charge < -0.3 is 5.32 Å². The van der Waals surface area contributed by atoms with Gasteiger partial charge in [0.05, 0.1) is 5.69 Å². The van der Waals surface area contributed by atoms with Crippen LogP contribution in [0.25, 0.3) is 5.57 Å². The quantitative estimate of drug-likeness (QED) is 0.847. The Bertz CT molecular complexity index is 635. The van der Waals surface area contributed by atoms with Crippen LogP contribution in [-0.2, 0) is 0 Å². The zero-order valence-corrected chi connectivity index (χ0v) is 11.4. The SMILES string of the molecule is Cc1cc(F)cc(Br)c1NC=C(C#N)c1nn[nH]n1. The Kier molecular flexibility index (Phi) is 3.87. The fraction of sp³-hybridized carbons (Fsp3) is 0.0909. The molecule has 0 aliphatic carbocycles. The highest BCUT2D eigenvalue weighted by Gasteiger charge is 2.08. The minimum atomic E-state index is -0.336. The molecule has 6 nitrogen and oxygen atoms in total. The van der Waals surface area contributed by atoms with Gasteiger partial charge >= 0.3 is 0 Å². The number of nitrogens with one attached hydrogen (secondary N) is 2. The number of benzene rings is 1. The lowest BCUT2D eigenvalue weighted by atomic mass is 10.2. The first-order valence-corrected chi connectivity index (χ1v) is 5.97. The molecule has 2 rings (SSSR count). The first-order chi connectivity index (χ1) is 9.11. The minimum Gasteiger partial charge on any atom is -0.359 e. The van der Waals surface area contributed by atoms with E-state index in [9.17, 15) is 4.39 Å². The summed E-state index contributed by atoms with van der Waals surface area (Å²) in [4.78, 5) is 0. The van der Waals surface area contributed by atoms with Crippen molar-refractivity contribution in [3.8, 4) is 6.07 Å². The number of allylic oxidation sites excluding steroid dienone is 1. The number of hydrogen-bond donors (Lipinski definition) is 2. The first-order valence-electron chi connectivity index (χ1n) is 5.18. The molecule has 0 unspecified atom stereocenters. The van der Waals surface area contributed by atoms with Crippen LogP contribution in [0.2, 0.25) is 0 Å². The first kappa shape index (κ1) is 13.2. The van der Waals surface area contributed by atoms with Crippen molar-refractivity contribution >= 4 is 27.2 Å². The molecule has 0 amide bonds. The molecule has 0 bridgehead atoms. The third-order valence-electron chi connectivity index (χ3n) is 2.32. The number of rotatable bonds is 3. The van der Waals surface area contributed by atoms with E-state index in [4.69, 9.17) is 5.26 Å². The van der Waals surface area contributed by atoms with Gasteiger partial charge in [-0.05, 0) is 45.8 Å². The second kappa shape index (κ2) is 5.58. The maximum Gasteiger partial charge on any atom is 0.216 e. The fourth-order valence-electron chi connectivity index (χ4n) is 1.45. The summed E-state index contributed by atoms with van der Waals surface area (Å²) in [5.74, 6) is -0.150. The van der Waals surface area contributed by atoms with Crippen molar-refractivity contribution in [1.29, 1.82) is 5.26 Å². The molecule has 1 heterocycles. The van der Waals surface area contributed by atoms with Gasteiger partial charge in [-0.1, -0.05) is 0 Å². The molecule has 96 valence electrons. The van der Waals surface area contributed by atoms with E-state index in [0.29, 0.717) is 15.7 Å². The minimum absolute atomic E-state index is 0.186. The Morgan fingerprint density at radius 1 is 1.58 bits per heavy atom. The van der Waals surface area contributed by atoms with Crippen LogP contribution in [0.5, 0.6) is 0 Å². The maximum atomic E-state index is 13.1. The van der Waals surface area contributed by atoms with Crippen molar-refractivity contribution in [3.63, 3.8) is 0 Å². The van der Waals surface area contributed by atoms with Crippen molar-refractivity contribution in [3.05, 3.63) is 40.0 Å². The van der Waals surface area contributed by atoms with Gasteiger partial charge in [-0.25, -0.2) is 4.39 Å². The van der Waals surface area contributed by atoms with E-state index in [1.165, 1.54) is 18.3 Å². The summed E-state index contributed by atoms with van der Waals surface area (Å²) < 4.78 is 13.7. The van der Waals surface area contributed by atoms with Gasteiger partial charge in [0, 0.05) is 10.7 Å². The largest absolute Gasteiger partial charge is 0.359 e.